The standard InChI is InChI=1S/C15H25N3OS/c1-6-20-12-9-7-8-11(13(12)14(16)17)19-10-15(2,3)18(4)5/h7-9H,6,10H2,1-5H3,(H3,16,17). The second-order valence-corrected chi connectivity index (χ2v) is 6.78. The predicted molar refractivity (Wildman–Crippen MR) is 87.1 cm³/mol. The first kappa shape index (κ1) is 16.9. The summed E-state index contributed by atoms with van der Waals surface area (Å²) in [5.41, 5.74) is 6.35. The van der Waals surface area contributed by atoms with Gasteiger partial charge in [0, 0.05) is 10.4 Å². The Morgan fingerprint density at radius 3 is 2.55 bits per heavy atom. The van der Waals surface area contributed by atoms with Crippen LogP contribution in [0.1, 0.15) is 26.3 Å². The number of nitrogen functional groups attached to an aromatic ring is 1. The number of benzene rings is 1. The van der Waals surface area contributed by atoms with Crippen molar-refractivity contribution in [2.45, 2.75) is 31.2 Å². The van der Waals surface area contributed by atoms with E-state index in [1.165, 1.54) is 0 Å². The highest BCUT2D eigenvalue weighted by atomic mass is 32.2. The van der Waals surface area contributed by atoms with Gasteiger partial charge in [0.05, 0.1) is 5.56 Å². The van der Waals surface area contributed by atoms with E-state index in [9.17, 15) is 0 Å². The summed E-state index contributed by atoms with van der Waals surface area (Å²) in [7, 11) is 4.05. The molecule has 20 heavy (non-hydrogen) atoms. The summed E-state index contributed by atoms with van der Waals surface area (Å²) in [6.07, 6.45) is 0. The molecule has 0 aliphatic carbocycles. The zero-order valence-corrected chi connectivity index (χ0v) is 13.8. The maximum atomic E-state index is 7.79. The monoisotopic (exact) mass is 295 g/mol. The first-order valence-corrected chi connectivity index (χ1v) is 7.68. The SMILES string of the molecule is CCSc1cccc(OCC(C)(C)N(C)C)c1C(=N)N. The molecule has 0 aromatic heterocycles. The molecular weight excluding hydrogens is 270 g/mol. The fourth-order valence-corrected chi connectivity index (χ4v) is 2.40. The topological polar surface area (TPSA) is 62.3 Å². The van der Waals surface area contributed by atoms with E-state index >= 15 is 0 Å². The molecule has 0 aliphatic heterocycles. The van der Waals surface area contributed by atoms with Crippen molar-refractivity contribution < 1.29 is 4.74 Å². The second-order valence-electron chi connectivity index (χ2n) is 5.47. The molecule has 5 heteroatoms. The molecule has 0 spiro atoms. The van der Waals surface area contributed by atoms with Crippen LogP contribution in [0.15, 0.2) is 23.1 Å². The molecule has 112 valence electrons. The number of likely N-dealkylation sites (N-methyl/N-ethyl adjacent to an activating group) is 1. The quantitative estimate of drug-likeness (QED) is 0.461. The highest BCUT2D eigenvalue weighted by Crippen LogP contribution is 2.30. The van der Waals surface area contributed by atoms with Gasteiger partial charge in [-0.25, -0.2) is 0 Å². The lowest BCUT2D eigenvalue weighted by molar-refractivity contribution is 0.114. The van der Waals surface area contributed by atoms with Crippen molar-refractivity contribution in [3.05, 3.63) is 23.8 Å². The zero-order valence-electron chi connectivity index (χ0n) is 13.0. The maximum Gasteiger partial charge on any atom is 0.131 e. The Bertz CT molecular complexity index is 472. The molecule has 0 heterocycles. The summed E-state index contributed by atoms with van der Waals surface area (Å²) in [5.74, 6) is 1.68. The van der Waals surface area contributed by atoms with E-state index in [2.05, 4.69) is 25.7 Å². The number of hydrogen-bond acceptors (Lipinski definition) is 4. The summed E-state index contributed by atoms with van der Waals surface area (Å²) in [4.78, 5) is 3.12. The van der Waals surface area contributed by atoms with E-state index < -0.39 is 0 Å². The van der Waals surface area contributed by atoms with Crippen LogP contribution in [0.2, 0.25) is 0 Å². The second kappa shape index (κ2) is 6.99. The van der Waals surface area contributed by atoms with E-state index in [0.717, 1.165) is 10.6 Å². The summed E-state index contributed by atoms with van der Waals surface area (Å²) >= 11 is 1.67. The van der Waals surface area contributed by atoms with Gasteiger partial charge in [-0.2, -0.15) is 0 Å². The number of hydrogen-bond donors (Lipinski definition) is 2. The van der Waals surface area contributed by atoms with E-state index in [1.54, 1.807) is 11.8 Å². The molecule has 0 fully saturated rings. The van der Waals surface area contributed by atoms with Crippen LogP contribution in [0.25, 0.3) is 0 Å². The molecule has 0 saturated carbocycles. The maximum absolute atomic E-state index is 7.79. The van der Waals surface area contributed by atoms with Crippen molar-refractivity contribution in [2.24, 2.45) is 5.73 Å². The smallest absolute Gasteiger partial charge is 0.131 e. The molecule has 1 aromatic rings. The van der Waals surface area contributed by atoms with Gasteiger partial charge in [-0.05, 0) is 45.8 Å². The third-order valence-electron chi connectivity index (χ3n) is 3.35. The minimum atomic E-state index is -0.0814. The minimum Gasteiger partial charge on any atom is -0.491 e. The Labute approximate surface area is 126 Å². The number of amidine groups is 1. The van der Waals surface area contributed by atoms with Crippen molar-refractivity contribution in [3.63, 3.8) is 0 Å². The van der Waals surface area contributed by atoms with Crippen LogP contribution in [-0.2, 0) is 0 Å². The Hall–Kier alpha value is -1.20. The first-order valence-electron chi connectivity index (χ1n) is 6.70. The number of ether oxygens (including phenoxy) is 1. The predicted octanol–water partition coefficient (Wildman–Crippen LogP) is 2.80. The molecule has 0 unspecified atom stereocenters. The number of thioether (sulfide) groups is 1. The zero-order chi connectivity index (χ0) is 15.3. The van der Waals surface area contributed by atoms with Crippen molar-refractivity contribution in [3.8, 4) is 5.75 Å². The molecule has 1 rings (SSSR count). The highest BCUT2D eigenvalue weighted by molar-refractivity contribution is 7.99. The number of nitrogens with one attached hydrogen (secondary N) is 1. The molecule has 3 N–H and O–H groups in total. The molecule has 0 aliphatic rings. The van der Waals surface area contributed by atoms with E-state index in [1.807, 2.05) is 32.3 Å². The van der Waals surface area contributed by atoms with Crippen LogP contribution in [0.4, 0.5) is 0 Å². The van der Waals surface area contributed by atoms with Gasteiger partial charge in [0.25, 0.3) is 0 Å². The molecule has 0 bridgehead atoms. The van der Waals surface area contributed by atoms with Crippen molar-refractivity contribution in [1.29, 1.82) is 5.41 Å². The lowest BCUT2D eigenvalue weighted by Gasteiger charge is -2.32. The van der Waals surface area contributed by atoms with Crippen molar-refractivity contribution in [1.82, 2.24) is 4.90 Å². The minimum absolute atomic E-state index is 0.0548. The molecule has 0 saturated heterocycles. The summed E-state index contributed by atoms with van der Waals surface area (Å²) in [6.45, 7) is 6.86. The fourth-order valence-electron chi connectivity index (χ4n) is 1.56. The van der Waals surface area contributed by atoms with E-state index in [4.69, 9.17) is 15.9 Å². The van der Waals surface area contributed by atoms with Gasteiger partial charge in [0.15, 0.2) is 0 Å². The normalized spacial score (nSPS) is 11.7. The van der Waals surface area contributed by atoms with Crippen LogP contribution in [0.5, 0.6) is 5.75 Å². The number of nitrogens with two attached hydrogens (primary N) is 1. The third-order valence-corrected chi connectivity index (χ3v) is 4.29. The summed E-state index contributed by atoms with van der Waals surface area (Å²) < 4.78 is 5.94. The Balaban J connectivity index is 3.00. The van der Waals surface area contributed by atoms with Gasteiger partial charge in [0.2, 0.25) is 0 Å². The third kappa shape index (κ3) is 4.15. The largest absolute Gasteiger partial charge is 0.491 e. The van der Waals surface area contributed by atoms with E-state index in [0.29, 0.717) is 17.9 Å². The molecule has 0 amide bonds. The summed E-state index contributed by atoms with van der Waals surface area (Å²) in [5, 5.41) is 7.79. The van der Waals surface area contributed by atoms with Crippen LogP contribution < -0.4 is 10.5 Å². The van der Waals surface area contributed by atoms with Gasteiger partial charge >= 0.3 is 0 Å². The Morgan fingerprint density at radius 1 is 1.40 bits per heavy atom. The molecule has 4 nitrogen and oxygen atoms in total. The molecular formula is C15H25N3OS. The van der Waals surface area contributed by atoms with Gasteiger partial charge in [-0.15, -0.1) is 11.8 Å². The van der Waals surface area contributed by atoms with Crippen LogP contribution in [0.3, 0.4) is 0 Å². The van der Waals surface area contributed by atoms with Crippen LogP contribution >= 0.6 is 11.8 Å². The van der Waals surface area contributed by atoms with Crippen molar-refractivity contribution in [2.75, 3.05) is 26.5 Å². The number of rotatable bonds is 7. The lowest BCUT2D eigenvalue weighted by atomic mass is 10.1. The first-order chi connectivity index (χ1) is 9.29. The van der Waals surface area contributed by atoms with E-state index in [-0.39, 0.29) is 11.4 Å². The van der Waals surface area contributed by atoms with Gasteiger partial charge in [0.1, 0.15) is 18.2 Å². The number of nitrogens with zero attached hydrogens (tertiary/aromatic N) is 1. The van der Waals surface area contributed by atoms with Gasteiger partial charge < -0.3 is 15.4 Å². The van der Waals surface area contributed by atoms with Gasteiger partial charge in [-0.3, -0.25) is 5.41 Å². The molecule has 0 radical (unpaired) electrons. The van der Waals surface area contributed by atoms with Gasteiger partial charge in [-0.1, -0.05) is 13.0 Å². The molecule has 1 aromatic carbocycles. The fraction of sp³-hybridized carbons (Fsp3) is 0.533. The Kier molecular flexibility index (Phi) is 5.89. The van der Waals surface area contributed by atoms with Crippen LogP contribution in [-0.4, -0.2) is 42.7 Å². The molecule has 0 atom stereocenters. The Morgan fingerprint density at radius 2 is 2.05 bits per heavy atom. The lowest BCUT2D eigenvalue weighted by Crippen LogP contribution is -2.43. The highest BCUT2D eigenvalue weighted by Gasteiger charge is 2.22. The van der Waals surface area contributed by atoms with Crippen LogP contribution in [0, 0.1) is 5.41 Å². The average molecular weight is 295 g/mol. The van der Waals surface area contributed by atoms with Crippen molar-refractivity contribution >= 4 is 17.6 Å². The summed E-state index contributed by atoms with van der Waals surface area (Å²) in [6, 6.07) is 5.81. The average Bonchev–Trinajstić information content (AvgIpc) is 2.36.